The minimum atomic E-state index is -0.166. The zero-order valence-electron chi connectivity index (χ0n) is 18.6. The van der Waals surface area contributed by atoms with E-state index in [0.29, 0.717) is 17.9 Å². The topological polar surface area (TPSA) is 12.0 Å². The fourth-order valence-electron chi connectivity index (χ4n) is 5.39. The maximum atomic E-state index is 13.5. The molecule has 0 bridgehead atoms. The molecule has 4 aromatic rings. The van der Waals surface area contributed by atoms with Gasteiger partial charge in [0.05, 0.1) is 0 Å². The summed E-state index contributed by atoms with van der Waals surface area (Å²) in [6, 6.07) is 31.4. The van der Waals surface area contributed by atoms with E-state index in [9.17, 15) is 4.39 Å². The first-order chi connectivity index (χ1) is 15.7. The predicted octanol–water partition coefficient (Wildman–Crippen LogP) is 7.41. The molecular weight excluding hydrogens is 393 g/mol. The monoisotopic (exact) mass is 423 g/mol. The summed E-state index contributed by atoms with van der Waals surface area (Å²) in [5.41, 5.74) is 5.44. The molecule has 0 saturated carbocycles. The molecule has 2 unspecified atom stereocenters. The van der Waals surface area contributed by atoms with Crippen LogP contribution in [0.3, 0.4) is 0 Å². The van der Waals surface area contributed by atoms with E-state index in [-0.39, 0.29) is 5.82 Å². The van der Waals surface area contributed by atoms with Gasteiger partial charge < -0.3 is 5.32 Å². The summed E-state index contributed by atoms with van der Waals surface area (Å²) in [6.07, 6.45) is 3.38. The van der Waals surface area contributed by atoms with Gasteiger partial charge >= 0.3 is 0 Å². The van der Waals surface area contributed by atoms with Gasteiger partial charge in [-0.25, -0.2) is 4.39 Å². The van der Waals surface area contributed by atoms with Crippen LogP contribution < -0.4 is 5.32 Å². The highest BCUT2D eigenvalue weighted by molar-refractivity contribution is 5.86. The van der Waals surface area contributed by atoms with Crippen molar-refractivity contribution in [1.29, 1.82) is 0 Å². The molecule has 4 aromatic carbocycles. The molecule has 0 saturated heterocycles. The van der Waals surface area contributed by atoms with Crippen LogP contribution in [0.25, 0.3) is 10.8 Å². The highest BCUT2D eigenvalue weighted by atomic mass is 19.1. The highest BCUT2D eigenvalue weighted by Crippen LogP contribution is 2.40. The van der Waals surface area contributed by atoms with Crippen LogP contribution in [0.4, 0.5) is 4.39 Å². The third kappa shape index (κ3) is 4.33. The van der Waals surface area contributed by atoms with E-state index >= 15 is 0 Å². The Balaban J connectivity index is 1.28. The summed E-state index contributed by atoms with van der Waals surface area (Å²) < 4.78 is 13.5. The molecule has 1 aliphatic carbocycles. The van der Waals surface area contributed by atoms with Gasteiger partial charge in [0.2, 0.25) is 0 Å². The van der Waals surface area contributed by atoms with Gasteiger partial charge in [-0.2, -0.15) is 0 Å². The van der Waals surface area contributed by atoms with Crippen LogP contribution in [0.15, 0.2) is 91.0 Å². The van der Waals surface area contributed by atoms with Gasteiger partial charge in [-0.15, -0.1) is 0 Å². The Hall–Kier alpha value is -2.97. The van der Waals surface area contributed by atoms with Crippen molar-refractivity contribution in [3.05, 3.63) is 119 Å². The average Bonchev–Trinajstić information content (AvgIpc) is 2.83. The molecule has 0 fully saturated rings. The highest BCUT2D eigenvalue weighted by Gasteiger charge is 2.27. The summed E-state index contributed by atoms with van der Waals surface area (Å²) in [6.45, 7) is 3.26. The number of halogens is 1. The first-order valence-electron chi connectivity index (χ1n) is 11.7. The Bertz CT molecular complexity index is 1190. The summed E-state index contributed by atoms with van der Waals surface area (Å²) in [7, 11) is 0. The Labute approximate surface area is 190 Å². The third-order valence-electron chi connectivity index (χ3n) is 7.07. The van der Waals surface area contributed by atoms with Crippen LogP contribution in [0.5, 0.6) is 0 Å². The standard InChI is InChI=1S/C30H30FN/c1-21(27-12-6-9-23-7-2-4-10-28(23)27)32-18-17-22-19-25-8-3-5-11-29(25)30(20-22)24-13-15-26(31)16-14-24/h2-16,21-22,30,32H,17-20H2,1H3/t21-,22?,30?/m1/s1. The molecule has 1 N–H and O–H groups in total. The Morgan fingerprint density at radius 3 is 2.50 bits per heavy atom. The number of nitrogens with one attached hydrogen (secondary N) is 1. The fraction of sp³-hybridized carbons (Fsp3) is 0.267. The van der Waals surface area contributed by atoms with E-state index in [2.05, 4.69) is 79.0 Å². The molecule has 162 valence electrons. The molecule has 1 aliphatic rings. The third-order valence-corrected chi connectivity index (χ3v) is 7.07. The van der Waals surface area contributed by atoms with E-state index in [0.717, 1.165) is 25.8 Å². The summed E-state index contributed by atoms with van der Waals surface area (Å²) in [5.74, 6) is 0.800. The van der Waals surface area contributed by atoms with E-state index in [1.807, 2.05) is 12.1 Å². The molecule has 2 heteroatoms. The smallest absolute Gasteiger partial charge is 0.123 e. The van der Waals surface area contributed by atoms with E-state index in [1.54, 1.807) is 12.1 Å². The van der Waals surface area contributed by atoms with E-state index in [1.165, 1.54) is 33.0 Å². The van der Waals surface area contributed by atoms with Crippen molar-refractivity contribution >= 4 is 10.8 Å². The molecule has 0 spiro atoms. The van der Waals surface area contributed by atoms with Crippen LogP contribution in [0, 0.1) is 11.7 Å². The Morgan fingerprint density at radius 2 is 1.62 bits per heavy atom. The molecule has 5 rings (SSSR count). The number of rotatable bonds is 6. The normalized spacial score (nSPS) is 18.9. The largest absolute Gasteiger partial charge is 0.310 e. The van der Waals surface area contributed by atoms with Gasteiger partial charge in [0.15, 0.2) is 0 Å². The molecule has 0 heterocycles. The first kappa shape index (κ1) is 20.9. The minimum absolute atomic E-state index is 0.166. The molecule has 0 aromatic heterocycles. The predicted molar refractivity (Wildman–Crippen MR) is 131 cm³/mol. The van der Waals surface area contributed by atoms with Gasteiger partial charge in [-0.1, -0.05) is 78.9 Å². The second kappa shape index (κ2) is 9.26. The van der Waals surface area contributed by atoms with Crippen molar-refractivity contribution in [3.63, 3.8) is 0 Å². The SMILES string of the molecule is C[C@@H](NCCC1Cc2ccccc2C(c2ccc(F)cc2)C1)c1cccc2ccccc12. The van der Waals surface area contributed by atoms with E-state index in [4.69, 9.17) is 0 Å². The summed E-state index contributed by atoms with van der Waals surface area (Å²) in [4.78, 5) is 0. The lowest BCUT2D eigenvalue weighted by Crippen LogP contribution is -2.26. The van der Waals surface area contributed by atoms with Crippen molar-refractivity contribution in [2.75, 3.05) is 6.54 Å². The zero-order chi connectivity index (χ0) is 21.9. The number of fused-ring (bicyclic) bond motifs is 2. The lowest BCUT2D eigenvalue weighted by atomic mass is 9.73. The van der Waals surface area contributed by atoms with Crippen LogP contribution in [-0.2, 0) is 6.42 Å². The van der Waals surface area contributed by atoms with Gasteiger partial charge in [0, 0.05) is 12.0 Å². The van der Waals surface area contributed by atoms with Gasteiger partial charge in [0.25, 0.3) is 0 Å². The van der Waals surface area contributed by atoms with Crippen molar-refractivity contribution in [1.82, 2.24) is 5.32 Å². The van der Waals surface area contributed by atoms with Crippen molar-refractivity contribution in [3.8, 4) is 0 Å². The lowest BCUT2D eigenvalue weighted by molar-refractivity contribution is 0.383. The van der Waals surface area contributed by atoms with Crippen LogP contribution in [0.2, 0.25) is 0 Å². The Morgan fingerprint density at radius 1 is 0.875 bits per heavy atom. The van der Waals surface area contributed by atoms with Crippen molar-refractivity contribution < 1.29 is 4.39 Å². The van der Waals surface area contributed by atoms with Crippen LogP contribution >= 0.6 is 0 Å². The molecule has 3 atom stereocenters. The first-order valence-corrected chi connectivity index (χ1v) is 11.7. The maximum absolute atomic E-state index is 13.5. The summed E-state index contributed by atoms with van der Waals surface area (Å²) in [5, 5.41) is 6.40. The second-order valence-corrected chi connectivity index (χ2v) is 9.14. The average molecular weight is 424 g/mol. The fourth-order valence-corrected chi connectivity index (χ4v) is 5.39. The molecule has 0 radical (unpaired) electrons. The van der Waals surface area contributed by atoms with Gasteiger partial charge in [0.1, 0.15) is 5.82 Å². The molecule has 0 aliphatic heterocycles. The molecule has 32 heavy (non-hydrogen) atoms. The van der Waals surface area contributed by atoms with Crippen molar-refractivity contribution in [2.24, 2.45) is 5.92 Å². The van der Waals surface area contributed by atoms with Crippen LogP contribution in [0.1, 0.15) is 54.0 Å². The molecular formula is C30H30FN. The van der Waals surface area contributed by atoms with Crippen molar-refractivity contribution in [2.45, 2.75) is 38.1 Å². The van der Waals surface area contributed by atoms with Crippen LogP contribution in [-0.4, -0.2) is 6.54 Å². The Kier molecular flexibility index (Phi) is 6.05. The maximum Gasteiger partial charge on any atom is 0.123 e. The van der Waals surface area contributed by atoms with Gasteiger partial charge in [-0.05, 0) is 83.8 Å². The molecule has 0 amide bonds. The second-order valence-electron chi connectivity index (χ2n) is 9.14. The number of hydrogen-bond donors (Lipinski definition) is 1. The zero-order valence-corrected chi connectivity index (χ0v) is 18.6. The summed E-state index contributed by atoms with van der Waals surface area (Å²) >= 11 is 0. The lowest BCUT2D eigenvalue weighted by Gasteiger charge is -2.32. The number of benzene rings is 4. The minimum Gasteiger partial charge on any atom is -0.310 e. The van der Waals surface area contributed by atoms with E-state index < -0.39 is 0 Å². The van der Waals surface area contributed by atoms with Gasteiger partial charge in [-0.3, -0.25) is 0 Å². The molecule has 1 nitrogen and oxygen atoms in total. The quantitative estimate of drug-likeness (QED) is 0.340. The number of hydrogen-bond acceptors (Lipinski definition) is 1.